The first-order valence-electron chi connectivity index (χ1n) is 10.2. The van der Waals surface area contributed by atoms with Crippen LogP contribution in [-0.4, -0.2) is 58.9 Å². The predicted molar refractivity (Wildman–Crippen MR) is 130 cm³/mol. The van der Waals surface area contributed by atoms with Crippen molar-refractivity contribution in [3.8, 4) is 5.75 Å². The van der Waals surface area contributed by atoms with Crippen LogP contribution in [0.3, 0.4) is 0 Å². The quantitative estimate of drug-likeness (QED) is 0.198. The summed E-state index contributed by atoms with van der Waals surface area (Å²) in [5, 5.41) is 52.2. The molecule has 0 aliphatic carbocycles. The van der Waals surface area contributed by atoms with Crippen molar-refractivity contribution in [1.29, 1.82) is 0 Å². The minimum atomic E-state index is -0.826. The maximum Gasteiger partial charge on any atom is 0.304 e. The van der Waals surface area contributed by atoms with Crippen molar-refractivity contribution in [2.45, 2.75) is 13.8 Å². The van der Waals surface area contributed by atoms with E-state index in [0.717, 1.165) is 12.1 Å². The molecule has 35 heavy (non-hydrogen) atoms. The van der Waals surface area contributed by atoms with E-state index >= 15 is 0 Å². The van der Waals surface area contributed by atoms with E-state index in [1.807, 2.05) is 0 Å². The van der Waals surface area contributed by atoms with Gasteiger partial charge in [0.25, 0.3) is 5.69 Å². The summed E-state index contributed by atoms with van der Waals surface area (Å²) in [6.45, 7) is 3.01. The Hall–Kier alpha value is -3.69. The summed E-state index contributed by atoms with van der Waals surface area (Å²) in [5.74, 6) is -0.133. The van der Waals surface area contributed by atoms with Gasteiger partial charge in [0.15, 0.2) is 5.69 Å². The monoisotopic (exact) mass is 554 g/mol. The Bertz CT molecular complexity index is 1140. The number of carbonyl (C=O) groups is 1. The fourth-order valence-corrected chi connectivity index (χ4v) is 3.60. The molecule has 2 aromatic rings. The zero-order chi connectivity index (χ0) is 26.1. The van der Waals surface area contributed by atoms with Crippen molar-refractivity contribution in [2.75, 3.05) is 43.1 Å². The molecule has 0 saturated heterocycles. The Kier molecular flexibility index (Phi) is 9.98. The molecule has 0 fully saturated rings. The van der Waals surface area contributed by atoms with Gasteiger partial charge in [-0.15, -0.1) is 10.2 Å². The van der Waals surface area contributed by atoms with Gasteiger partial charge in [0.1, 0.15) is 11.4 Å². The smallest absolute Gasteiger partial charge is 0.304 e. The summed E-state index contributed by atoms with van der Waals surface area (Å²) >= 11 is 3.06. The van der Waals surface area contributed by atoms with Gasteiger partial charge < -0.3 is 25.2 Å². The van der Waals surface area contributed by atoms with Crippen molar-refractivity contribution in [3.63, 3.8) is 0 Å². The summed E-state index contributed by atoms with van der Waals surface area (Å²) in [4.78, 5) is 34.6. The predicted octanol–water partition coefficient (Wildman–Crippen LogP) is 3.83. The summed E-state index contributed by atoms with van der Waals surface area (Å²) in [6.07, 6.45) is 0. The number of nitrogens with one attached hydrogen (secondary N) is 1. The van der Waals surface area contributed by atoms with Crippen LogP contribution in [0.1, 0.15) is 13.8 Å². The standard InChI is InChI=1S/C20H23BrN6O8/c1-3-35-14-10-16(20(22-12(2)30)17(11-14)25(4-6-28)5-7-29)23-24-19-15(21)8-13(26(31)32)9-18(19)27(33)34/h8-11,28-29H,3-7H2,1-2H3,(H,22,30). The number of nitro benzene ring substituents is 2. The van der Waals surface area contributed by atoms with Gasteiger partial charge in [-0.3, -0.25) is 25.0 Å². The Balaban J connectivity index is 2.76. The molecular weight excluding hydrogens is 532 g/mol. The topological polar surface area (TPSA) is 193 Å². The molecule has 0 spiro atoms. The molecule has 15 heteroatoms. The number of nitrogens with zero attached hydrogens (tertiary/aromatic N) is 5. The normalized spacial score (nSPS) is 10.9. The van der Waals surface area contributed by atoms with Gasteiger partial charge in [0, 0.05) is 38.2 Å². The van der Waals surface area contributed by atoms with E-state index in [9.17, 15) is 35.2 Å². The molecule has 0 atom stereocenters. The van der Waals surface area contributed by atoms with Gasteiger partial charge in [0.2, 0.25) is 5.91 Å². The number of ether oxygens (including phenoxy) is 1. The molecule has 0 saturated carbocycles. The van der Waals surface area contributed by atoms with Gasteiger partial charge >= 0.3 is 5.69 Å². The number of nitro groups is 2. The lowest BCUT2D eigenvalue weighted by atomic mass is 10.2. The molecule has 0 heterocycles. The molecule has 3 N–H and O–H groups in total. The van der Waals surface area contributed by atoms with Crippen LogP contribution in [0.4, 0.5) is 34.1 Å². The number of carbonyl (C=O) groups excluding carboxylic acids is 1. The van der Waals surface area contributed by atoms with Gasteiger partial charge in [0.05, 0.1) is 51.6 Å². The van der Waals surface area contributed by atoms with Gasteiger partial charge in [-0.05, 0) is 22.9 Å². The van der Waals surface area contributed by atoms with Crippen molar-refractivity contribution in [2.24, 2.45) is 10.2 Å². The number of halogens is 1. The van der Waals surface area contributed by atoms with E-state index in [4.69, 9.17) is 4.74 Å². The van der Waals surface area contributed by atoms with Crippen LogP contribution in [0, 0.1) is 20.2 Å². The minimum Gasteiger partial charge on any atom is -0.494 e. The van der Waals surface area contributed by atoms with Crippen molar-refractivity contribution < 1.29 is 29.6 Å². The van der Waals surface area contributed by atoms with E-state index in [-0.39, 0.29) is 54.4 Å². The number of amides is 1. The number of non-ortho nitro benzene ring substituents is 1. The summed E-state index contributed by atoms with van der Waals surface area (Å²) < 4.78 is 5.54. The third-order valence-electron chi connectivity index (χ3n) is 4.46. The van der Waals surface area contributed by atoms with Crippen LogP contribution in [0.2, 0.25) is 0 Å². The number of hydrogen-bond acceptors (Lipinski definition) is 11. The van der Waals surface area contributed by atoms with Gasteiger partial charge in [-0.25, -0.2) is 0 Å². The highest BCUT2D eigenvalue weighted by Gasteiger charge is 2.24. The molecule has 0 aliphatic heterocycles. The molecular formula is C20H23BrN6O8. The Morgan fingerprint density at radius 3 is 2.29 bits per heavy atom. The zero-order valence-electron chi connectivity index (χ0n) is 18.8. The Morgan fingerprint density at radius 1 is 1.11 bits per heavy atom. The molecule has 2 rings (SSSR count). The first-order chi connectivity index (χ1) is 16.6. The summed E-state index contributed by atoms with van der Waals surface area (Å²) in [5.41, 5.74) is -0.861. The lowest BCUT2D eigenvalue weighted by Gasteiger charge is -2.27. The lowest BCUT2D eigenvalue weighted by molar-refractivity contribution is -0.393. The number of benzene rings is 2. The van der Waals surface area contributed by atoms with Gasteiger partial charge in [-0.2, -0.15) is 0 Å². The number of aliphatic hydroxyl groups is 2. The first kappa shape index (κ1) is 27.6. The van der Waals surface area contributed by atoms with E-state index < -0.39 is 27.1 Å². The van der Waals surface area contributed by atoms with Crippen LogP contribution in [0.5, 0.6) is 5.75 Å². The Labute approximate surface area is 207 Å². The van der Waals surface area contributed by atoms with Crippen LogP contribution in [0.25, 0.3) is 0 Å². The van der Waals surface area contributed by atoms with Crippen molar-refractivity contribution >= 4 is 56.0 Å². The molecule has 0 unspecified atom stereocenters. The van der Waals surface area contributed by atoms with Crippen LogP contribution < -0.4 is 15.0 Å². The van der Waals surface area contributed by atoms with Crippen LogP contribution >= 0.6 is 15.9 Å². The number of aliphatic hydroxyl groups excluding tert-OH is 2. The second-order valence-corrected chi connectivity index (χ2v) is 7.75. The number of hydrogen-bond donors (Lipinski definition) is 3. The SMILES string of the molecule is CCOc1cc(N=Nc2c(Br)cc([N+](=O)[O-])cc2[N+](=O)[O-])c(NC(C)=O)c(N(CCO)CCO)c1. The first-order valence-corrected chi connectivity index (χ1v) is 11.0. The highest BCUT2D eigenvalue weighted by molar-refractivity contribution is 9.10. The summed E-state index contributed by atoms with van der Waals surface area (Å²) in [7, 11) is 0. The van der Waals surface area contributed by atoms with Crippen molar-refractivity contribution in [1.82, 2.24) is 0 Å². The average Bonchev–Trinajstić information content (AvgIpc) is 2.78. The summed E-state index contributed by atoms with van der Waals surface area (Å²) in [6, 6.07) is 4.86. The van der Waals surface area contributed by atoms with E-state index in [1.54, 1.807) is 17.9 Å². The molecule has 1 amide bonds. The lowest BCUT2D eigenvalue weighted by Crippen LogP contribution is -2.30. The highest BCUT2D eigenvalue weighted by atomic mass is 79.9. The largest absolute Gasteiger partial charge is 0.494 e. The number of azo groups is 1. The Morgan fingerprint density at radius 2 is 1.77 bits per heavy atom. The fraction of sp³-hybridized carbons (Fsp3) is 0.350. The minimum absolute atomic E-state index is 0.0356. The maximum atomic E-state index is 11.9. The number of anilines is 2. The second-order valence-electron chi connectivity index (χ2n) is 6.89. The molecule has 14 nitrogen and oxygen atoms in total. The molecule has 0 aliphatic rings. The van der Waals surface area contributed by atoms with Gasteiger partial charge in [-0.1, -0.05) is 0 Å². The van der Waals surface area contributed by atoms with E-state index in [1.165, 1.54) is 13.0 Å². The van der Waals surface area contributed by atoms with Crippen molar-refractivity contribution in [3.05, 3.63) is 49.0 Å². The highest BCUT2D eigenvalue weighted by Crippen LogP contribution is 2.43. The molecule has 0 radical (unpaired) electrons. The third-order valence-corrected chi connectivity index (χ3v) is 5.06. The molecule has 188 valence electrons. The molecule has 2 aromatic carbocycles. The molecule has 0 bridgehead atoms. The second kappa shape index (κ2) is 12.7. The van der Waals surface area contributed by atoms with E-state index in [0.29, 0.717) is 11.4 Å². The van der Waals surface area contributed by atoms with E-state index in [2.05, 4.69) is 31.5 Å². The maximum absolute atomic E-state index is 11.9. The molecule has 0 aromatic heterocycles. The fourth-order valence-electron chi connectivity index (χ4n) is 3.08. The number of rotatable bonds is 12. The average molecular weight is 555 g/mol. The zero-order valence-corrected chi connectivity index (χ0v) is 20.4. The van der Waals surface area contributed by atoms with Crippen LogP contribution in [0.15, 0.2) is 39.0 Å². The van der Waals surface area contributed by atoms with Crippen LogP contribution in [-0.2, 0) is 4.79 Å². The third kappa shape index (κ3) is 7.14.